The molecule has 0 atom stereocenters. The van der Waals surface area contributed by atoms with Gasteiger partial charge in [0.2, 0.25) is 5.91 Å². The molecule has 1 aromatic heterocycles. The first-order valence-corrected chi connectivity index (χ1v) is 9.12. The molecule has 0 aliphatic carbocycles. The second kappa shape index (κ2) is 7.48. The molecule has 1 fully saturated rings. The maximum absolute atomic E-state index is 13.4. The Morgan fingerprint density at radius 3 is 2.65 bits per heavy atom. The minimum Gasteiger partial charge on any atom is -0.451 e. The van der Waals surface area contributed by atoms with E-state index < -0.39 is 0 Å². The summed E-state index contributed by atoms with van der Waals surface area (Å²) in [4.78, 5) is 26.6. The lowest BCUT2D eigenvalue weighted by Gasteiger charge is -2.32. The van der Waals surface area contributed by atoms with Crippen molar-refractivity contribution in [2.45, 2.75) is 46.1 Å². The number of fused-ring (bicyclic) bond motifs is 1. The van der Waals surface area contributed by atoms with E-state index in [0.29, 0.717) is 42.0 Å². The number of benzene rings is 1. The Hall–Kier alpha value is -2.37. The van der Waals surface area contributed by atoms with E-state index in [-0.39, 0.29) is 29.4 Å². The van der Waals surface area contributed by atoms with Gasteiger partial charge >= 0.3 is 0 Å². The minimum absolute atomic E-state index is 0.00921. The van der Waals surface area contributed by atoms with Crippen LogP contribution in [0.1, 0.15) is 49.2 Å². The Bertz CT molecular complexity index is 820. The van der Waals surface area contributed by atoms with Crippen molar-refractivity contribution in [2.75, 3.05) is 13.1 Å². The first kappa shape index (κ1) is 18.4. The summed E-state index contributed by atoms with van der Waals surface area (Å²) in [6.45, 7) is 7.13. The highest BCUT2D eigenvalue weighted by atomic mass is 19.1. The van der Waals surface area contributed by atoms with Gasteiger partial charge in [-0.15, -0.1) is 0 Å². The number of aryl methyl sites for hydroxylation is 1. The monoisotopic (exact) mass is 360 g/mol. The number of halogens is 1. The lowest BCUT2D eigenvalue weighted by molar-refractivity contribution is -0.133. The summed E-state index contributed by atoms with van der Waals surface area (Å²) in [6.07, 6.45) is 2.01. The highest BCUT2D eigenvalue weighted by Crippen LogP contribution is 2.26. The van der Waals surface area contributed by atoms with E-state index in [1.807, 2.05) is 18.7 Å². The minimum atomic E-state index is -0.355. The number of piperidine rings is 1. The number of rotatable bonds is 4. The molecule has 0 bridgehead atoms. The fourth-order valence-electron chi connectivity index (χ4n) is 3.41. The smallest absolute Gasteiger partial charge is 0.287 e. The maximum Gasteiger partial charge on any atom is 0.287 e. The number of hydrogen-bond donors (Lipinski definition) is 1. The molecule has 1 N–H and O–H groups in total. The number of carbonyl (C=O) groups excluding carboxylic acids is 2. The lowest BCUT2D eigenvalue weighted by Crippen LogP contribution is -2.46. The van der Waals surface area contributed by atoms with Crippen molar-refractivity contribution in [1.29, 1.82) is 0 Å². The standard InChI is InChI=1S/C20H25FN2O3/c1-12(2)10-18(24)23-8-6-15(7-9-23)22-20(25)19-13(3)16-11-14(21)4-5-17(16)26-19/h4-5,11-12,15H,6-10H2,1-3H3,(H,22,25). The van der Waals surface area contributed by atoms with E-state index >= 15 is 0 Å². The third-order valence-electron chi connectivity index (χ3n) is 4.87. The Morgan fingerprint density at radius 2 is 2.00 bits per heavy atom. The first-order valence-electron chi connectivity index (χ1n) is 9.12. The summed E-state index contributed by atoms with van der Waals surface area (Å²) < 4.78 is 19.0. The van der Waals surface area contributed by atoms with Gasteiger partial charge in [0.05, 0.1) is 0 Å². The summed E-state index contributed by atoms with van der Waals surface area (Å²) >= 11 is 0. The largest absolute Gasteiger partial charge is 0.451 e. The highest BCUT2D eigenvalue weighted by Gasteiger charge is 2.26. The first-order chi connectivity index (χ1) is 12.3. The van der Waals surface area contributed by atoms with Crippen molar-refractivity contribution < 1.29 is 18.4 Å². The summed E-state index contributed by atoms with van der Waals surface area (Å²) in [6, 6.07) is 4.24. The molecule has 5 nitrogen and oxygen atoms in total. The van der Waals surface area contributed by atoms with E-state index in [0.717, 1.165) is 12.8 Å². The molecule has 0 radical (unpaired) electrons. The van der Waals surface area contributed by atoms with E-state index in [9.17, 15) is 14.0 Å². The van der Waals surface area contributed by atoms with Crippen molar-refractivity contribution in [1.82, 2.24) is 10.2 Å². The van der Waals surface area contributed by atoms with Gasteiger partial charge in [0.15, 0.2) is 5.76 Å². The highest BCUT2D eigenvalue weighted by molar-refractivity contribution is 5.99. The van der Waals surface area contributed by atoms with Crippen LogP contribution in [0.2, 0.25) is 0 Å². The van der Waals surface area contributed by atoms with Gasteiger partial charge < -0.3 is 14.6 Å². The Labute approximate surface area is 152 Å². The number of likely N-dealkylation sites (tertiary alicyclic amines) is 1. The average molecular weight is 360 g/mol. The molecule has 0 unspecified atom stereocenters. The van der Waals surface area contributed by atoms with Gasteiger partial charge in [0.1, 0.15) is 11.4 Å². The zero-order valence-corrected chi connectivity index (χ0v) is 15.5. The number of carbonyl (C=O) groups is 2. The van der Waals surface area contributed by atoms with Crippen LogP contribution in [0.4, 0.5) is 4.39 Å². The predicted octanol–water partition coefficient (Wildman–Crippen LogP) is 3.65. The van der Waals surface area contributed by atoms with Crippen LogP contribution in [0, 0.1) is 18.7 Å². The van der Waals surface area contributed by atoms with Crippen molar-refractivity contribution in [3.05, 3.63) is 35.3 Å². The molecule has 3 rings (SSSR count). The van der Waals surface area contributed by atoms with Crippen molar-refractivity contribution >= 4 is 22.8 Å². The van der Waals surface area contributed by atoms with Crippen LogP contribution in [0.15, 0.2) is 22.6 Å². The van der Waals surface area contributed by atoms with Crippen LogP contribution in [0.5, 0.6) is 0 Å². The molecule has 6 heteroatoms. The number of nitrogens with zero attached hydrogens (tertiary/aromatic N) is 1. The third-order valence-corrected chi connectivity index (χ3v) is 4.87. The Kier molecular flexibility index (Phi) is 5.30. The molecule has 0 spiro atoms. The van der Waals surface area contributed by atoms with E-state index in [1.165, 1.54) is 18.2 Å². The second-order valence-electron chi connectivity index (χ2n) is 7.42. The Balaban J connectivity index is 1.61. The maximum atomic E-state index is 13.4. The van der Waals surface area contributed by atoms with Crippen LogP contribution < -0.4 is 5.32 Å². The molecule has 1 saturated heterocycles. The molecule has 0 saturated carbocycles. The average Bonchev–Trinajstić information content (AvgIpc) is 2.91. The van der Waals surface area contributed by atoms with Gasteiger partial charge in [-0.25, -0.2) is 4.39 Å². The SMILES string of the molecule is Cc1c(C(=O)NC2CCN(C(=O)CC(C)C)CC2)oc2ccc(F)cc12. The third kappa shape index (κ3) is 3.89. The zero-order chi connectivity index (χ0) is 18.8. The number of nitrogens with one attached hydrogen (secondary N) is 1. The van der Waals surface area contributed by atoms with E-state index in [4.69, 9.17) is 4.42 Å². The summed E-state index contributed by atoms with van der Waals surface area (Å²) in [7, 11) is 0. The quantitative estimate of drug-likeness (QED) is 0.905. The van der Waals surface area contributed by atoms with Crippen LogP contribution in [0.3, 0.4) is 0 Å². The van der Waals surface area contributed by atoms with Gasteiger partial charge in [0.25, 0.3) is 5.91 Å². The number of furan rings is 1. The topological polar surface area (TPSA) is 62.6 Å². The molecule has 140 valence electrons. The number of hydrogen-bond acceptors (Lipinski definition) is 3. The second-order valence-corrected chi connectivity index (χ2v) is 7.42. The number of amides is 2. The fraction of sp³-hybridized carbons (Fsp3) is 0.500. The normalized spacial score (nSPS) is 15.7. The molecular weight excluding hydrogens is 335 g/mol. The molecule has 1 aliphatic rings. The van der Waals surface area contributed by atoms with Crippen molar-refractivity contribution in [3.63, 3.8) is 0 Å². The summed E-state index contributed by atoms with van der Waals surface area (Å²) in [5.41, 5.74) is 1.14. The van der Waals surface area contributed by atoms with Crippen LogP contribution in [-0.4, -0.2) is 35.8 Å². The van der Waals surface area contributed by atoms with Crippen LogP contribution in [-0.2, 0) is 4.79 Å². The van der Waals surface area contributed by atoms with Gasteiger partial charge in [-0.3, -0.25) is 9.59 Å². The molecule has 2 amide bonds. The van der Waals surface area contributed by atoms with Gasteiger partial charge in [-0.2, -0.15) is 0 Å². The van der Waals surface area contributed by atoms with Crippen LogP contribution >= 0.6 is 0 Å². The van der Waals surface area contributed by atoms with Gasteiger partial charge in [0, 0.05) is 36.5 Å². The molecular formula is C20H25FN2O3. The Morgan fingerprint density at radius 1 is 1.31 bits per heavy atom. The van der Waals surface area contributed by atoms with Gasteiger partial charge in [-0.1, -0.05) is 13.8 Å². The fourth-order valence-corrected chi connectivity index (χ4v) is 3.41. The van der Waals surface area contributed by atoms with Crippen LogP contribution in [0.25, 0.3) is 11.0 Å². The summed E-state index contributed by atoms with van der Waals surface area (Å²) in [5.74, 6) is 0.113. The molecule has 1 aromatic carbocycles. The molecule has 26 heavy (non-hydrogen) atoms. The molecule has 2 heterocycles. The van der Waals surface area contributed by atoms with Gasteiger partial charge in [-0.05, 0) is 43.9 Å². The lowest BCUT2D eigenvalue weighted by atomic mass is 10.0. The van der Waals surface area contributed by atoms with E-state index in [1.54, 1.807) is 6.92 Å². The van der Waals surface area contributed by atoms with Crippen molar-refractivity contribution in [3.8, 4) is 0 Å². The molecule has 1 aliphatic heterocycles. The van der Waals surface area contributed by atoms with E-state index in [2.05, 4.69) is 5.32 Å². The molecule has 2 aromatic rings. The zero-order valence-electron chi connectivity index (χ0n) is 15.5. The van der Waals surface area contributed by atoms with Crippen molar-refractivity contribution in [2.24, 2.45) is 5.92 Å². The summed E-state index contributed by atoms with van der Waals surface area (Å²) in [5, 5.41) is 3.60. The predicted molar refractivity (Wildman–Crippen MR) is 97.4 cm³/mol.